The maximum Gasteiger partial charge on any atom is 0.326 e. The summed E-state index contributed by atoms with van der Waals surface area (Å²) in [5.74, 6) is -14.3. The van der Waals surface area contributed by atoms with Crippen molar-refractivity contribution in [3.8, 4) is 0 Å². The van der Waals surface area contributed by atoms with Crippen molar-refractivity contribution in [2.75, 3.05) is 0 Å². The van der Waals surface area contributed by atoms with E-state index < -0.39 is 158 Å². The predicted octanol–water partition coefficient (Wildman–Crippen LogP) is -4.74. The minimum absolute atomic E-state index is 0.0316. The van der Waals surface area contributed by atoms with Gasteiger partial charge in [0.05, 0.1) is 18.9 Å². The lowest BCUT2D eigenvalue weighted by Gasteiger charge is -2.29. The number of aliphatic carboxylic acids is 3. The average Bonchev–Trinajstić information content (AvgIpc) is 3.10. The van der Waals surface area contributed by atoms with Crippen LogP contribution in [-0.2, 0) is 52.7 Å². The highest BCUT2D eigenvalue weighted by Crippen LogP contribution is 2.12. The first-order chi connectivity index (χ1) is 26.8. The molecule has 8 amide bonds. The van der Waals surface area contributed by atoms with Crippen LogP contribution in [0.2, 0.25) is 0 Å². The van der Waals surface area contributed by atoms with Gasteiger partial charge in [0.2, 0.25) is 47.3 Å². The monoisotopic (exact) mass is 831 g/mol. The molecule has 0 saturated carbocycles. The van der Waals surface area contributed by atoms with Crippen LogP contribution in [0, 0.1) is 11.8 Å². The summed E-state index contributed by atoms with van der Waals surface area (Å²) in [4.78, 5) is 138. The highest BCUT2D eigenvalue weighted by Gasteiger charge is 2.36. The molecule has 9 atom stereocenters. The highest BCUT2D eigenvalue weighted by molar-refractivity contribution is 5.99. The molecule has 0 aliphatic heterocycles. The molecule has 0 rings (SSSR count). The minimum Gasteiger partial charge on any atom is -0.481 e. The fraction of sp³-hybridized carbons (Fsp3) is 0.676. The number of nitrogens with one attached hydrogen (secondary N) is 6. The molecule has 16 N–H and O–H groups in total. The van der Waals surface area contributed by atoms with Crippen molar-refractivity contribution in [1.29, 1.82) is 0 Å². The van der Waals surface area contributed by atoms with E-state index in [1.54, 1.807) is 20.8 Å². The van der Waals surface area contributed by atoms with Gasteiger partial charge in [-0.1, -0.05) is 34.1 Å². The molecule has 0 aromatic heterocycles. The highest BCUT2D eigenvalue weighted by atomic mass is 16.4. The summed E-state index contributed by atoms with van der Waals surface area (Å²) in [7, 11) is 0. The fourth-order valence-corrected chi connectivity index (χ4v) is 5.10. The normalized spacial score (nSPS) is 15.7. The predicted molar refractivity (Wildman–Crippen MR) is 199 cm³/mol. The Morgan fingerprint density at radius 3 is 1.40 bits per heavy atom. The van der Waals surface area contributed by atoms with Crippen molar-refractivity contribution in [1.82, 2.24) is 31.9 Å². The Bertz CT molecular complexity index is 1520. The molecule has 0 spiro atoms. The van der Waals surface area contributed by atoms with Gasteiger partial charge in [0.15, 0.2) is 0 Å². The molecule has 24 heteroatoms. The molecule has 0 aliphatic carbocycles. The number of carbonyl (C=O) groups is 11. The van der Waals surface area contributed by atoms with E-state index in [4.69, 9.17) is 17.2 Å². The van der Waals surface area contributed by atoms with Crippen LogP contribution in [0.15, 0.2) is 0 Å². The zero-order valence-electron chi connectivity index (χ0n) is 32.9. The topological polar surface area (TPSA) is 419 Å². The molecule has 0 aromatic rings. The van der Waals surface area contributed by atoms with Crippen LogP contribution < -0.4 is 49.1 Å². The number of carbonyl (C=O) groups excluding carboxylic acids is 8. The smallest absolute Gasteiger partial charge is 0.326 e. The Hall–Kier alpha value is -5.91. The molecule has 0 bridgehead atoms. The van der Waals surface area contributed by atoms with Crippen LogP contribution in [0.4, 0.5) is 0 Å². The largest absolute Gasteiger partial charge is 0.481 e. The van der Waals surface area contributed by atoms with Crippen LogP contribution in [0.3, 0.4) is 0 Å². The third kappa shape index (κ3) is 19.8. The Kier molecular flexibility index (Phi) is 22.8. The Labute approximate surface area is 333 Å². The first-order valence-electron chi connectivity index (χ1n) is 18.3. The van der Waals surface area contributed by atoms with Crippen molar-refractivity contribution in [2.45, 2.75) is 134 Å². The van der Waals surface area contributed by atoms with Crippen molar-refractivity contribution >= 4 is 65.2 Å². The third-order valence-corrected chi connectivity index (χ3v) is 8.58. The summed E-state index contributed by atoms with van der Waals surface area (Å²) in [6, 6.07) is -11.6. The van der Waals surface area contributed by atoms with E-state index in [1.165, 1.54) is 13.8 Å². The summed E-state index contributed by atoms with van der Waals surface area (Å²) >= 11 is 0. The molecule has 0 heterocycles. The van der Waals surface area contributed by atoms with Gasteiger partial charge < -0.3 is 69.5 Å². The lowest BCUT2D eigenvalue weighted by molar-refractivity contribution is -0.144. The molecule has 24 nitrogen and oxygen atoms in total. The number of amides is 8. The standard InChI is InChI=1S/C34H57N9O15/c1-6-15(4)27(43-31(54)19(12-23(36)46)40-28(51)17(7-9-22(35)45)39-32(55)26(37)16(5)44)33(56)41-20(13-25(49)50)30(53)38-18(8-10-24(47)48)29(52)42-21(34(57)58)11-14(2)3/h14-21,26-27,44H,6-13,37H2,1-5H3,(H2,35,45)(H2,36,46)(H,38,53)(H,39,55)(H,40,51)(H,41,56)(H,42,52)(H,43,54)(H,47,48)(H,49,50)(H,57,58)/t15-,16+,17-,18-,19-,20-,21-,26-,27-/m0/s1. The van der Waals surface area contributed by atoms with E-state index in [-0.39, 0.29) is 18.8 Å². The van der Waals surface area contributed by atoms with Crippen LogP contribution >= 0.6 is 0 Å². The van der Waals surface area contributed by atoms with Crippen molar-refractivity contribution in [2.24, 2.45) is 29.0 Å². The Balaban J connectivity index is 6.49. The molecule has 0 unspecified atom stereocenters. The van der Waals surface area contributed by atoms with Gasteiger partial charge in [0, 0.05) is 12.8 Å². The van der Waals surface area contributed by atoms with E-state index in [9.17, 15) is 73.2 Å². The molecule has 0 radical (unpaired) electrons. The number of aliphatic hydroxyl groups is 1. The van der Waals surface area contributed by atoms with Gasteiger partial charge in [0.1, 0.15) is 42.3 Å². The summed E-state index contributed by atoms with van der Waals surface area (Å²) in [6.45, 7) is 7.63. The first-order valence-corrected chi connectivity index (χ1v) is 18.3. The minimum atomic E-state index is -1.96. The molecule has 0 saturated heterocycles. The second-order valence-electron chi connectivity index (χ2n) is 14.1. The summed E-state index contributed by atoms with van der Waals surface area (Å²) in [5.41, 5.74) is 16.1. The quantitative estimate of drug-likeness (QED) is 0.0352. The van der Waals surface area contributed by atoms with Crippen molar-refractivity contribution < 1.29 is 73.2 Å². The number of hydrogen-bond donors (Lipinski definition) is 13. The van der Waals surface area contributed by atoms with Crippen LogP contribution in [0.25, 0.3) is 0 Å². The summed E-state index contributed by atoms with van der Waals surface area (Å²) in [6.07, 6.45) is -5.27. The number of nitrogens with two attached hydrogens (primary N) is 3. The zero-order valence-corrected chi connectivity index (χ0v) is 32.9. The Morgan fingerprint density at radius 2 is 0.966 bits per heavy atom. The van der Waals surface area contributed by atoms with E-state index in [1.807, 2.05) is 0 Å². The number of aliphatic hydroxyl groups excluding tert-OH is 1. The number of hydrogen-bond acceptors (Lipinski definition) is 13. The van der Waals surface area contributed by atoms with Gasteiger partial charge >= 0.3 is 17.9 Å². The number of rotatable bonds is 28. The van der Waals surface area contributed by atoms with Gasteiger partial charge in [-0.05, 0) is 38.0 Å². The van der Waals surface area contributed by atoms with E-state index in [0.717, 1.165) is 0 Å². The van der Waals surface area contributed by atoms with Crippen molar-refractivity contribution in [3.05, 3.63) is 0 Å². The number of primary amides is 2. The van der Waals surface area contributed by atoms with E-state index >= 15 is 0 Å². The summed E-state index contributed by atoms with van der Waals surface area (Å²) in [5, 5.41) is 51.3. The molecular formula is C34H57N9O15. The molecule has 0 aliphatic rings. The van der Waals surface area contributed by atoms with Gasteiger partial charge in [0.25, 0.3) is 0 Å². The van der Waals surface area contributed by atoms with Crippen LogP contribution in [0.5, 0.6) is 0 Å². The number of carboxylic acid groups (broad SMARTS) is 3. The lowest BCUT2D eigenvalue weighted by Crippen LogP contribution is -2.61. The van der Waals surface area contributed by atoms with Crippen molar-refractivity contribution in [3.63, 3.8) is 0 Å². The van der Waals surface area contributed by atoms with Gasteiger partial charge in [-0.3, -0.25) is 47.9 Å². The first kappa shape index (κ1) is 52.1. The molecule has 0 fully saturated rings. The van der Waals surface area contributed by atoms with Crippen LogP contribution in [0.1, 0.15) is 86.0 Å². The molecule has 0 aromatic carbocycles. The van der Waals surface area contributed by atoms with E-state index in [2.05, 4.69) is 31.9 Å². The SMILES string of the molecule is CC[C@H](C)[C@H](NC(=O)[C@H](CC(N)=O)NC(=O)[C@H](CCC(N)=O)NC(=O)[C@@H](N)[C@@H](C)O)C(=O)N[C@@H](CC(=O)O)C(=O)N[C@@H](CCC(=O)O)C(=O)N[C@@H](CC(C)C)C(=O)O. The fourth-order valence-electron chi connectivity index (χ4n) is 5.10. The summed E-state index contributed by atoms with van der Waals surface area (Å²) < 4.78 is 0. The lowest BCUT2D eigenvalue weighted by atomic mass is 9.96. The Morgan fingerprint density at radius 1 is 0.534 bits per heavy atom. The zero-order chi connectivity index (χ0) is 45.0. The van der Waals surface area contributed by atoms with Gasteiger partial charge in [-0.2, -0.15) is 0 Å². The number of carboxylic acids is 3. The molecule has 328 valence electrons. The third-order valence-electron chi connectivity index (χ3n) is 8.58. The average molecular weight is 832 g/mol. The van der Waals surface area contributed by atoms with E-state index in [0.29, 0.717) is 0 Å². The van der Waals surface area contributed by atoms with Gasteiger partial charge in [-0.25, -0.2) is 4.79 Å². The second-order valence-corrected chi connectivity index (χ2v) is 14.1. The molecule has 58 heavy (non-hydrogen) atoms. The second kappa shape index (κ2) is 25.4. The maximum absolute atomic E-state index is 13.7. The van der Waals surface area contributed by atoms with Gasteiger partial charge in [-0.15, -0.1) is 0 Å². The van der Waals surface area contributed by atoms with Crippen LogP contribution in [-0.4, -0.2) is 134 Å². The maximum atomic E-state index is 13.7. The molecular weight excluding hydrogens is 774 g/mol.